The van der Waals surface area contributed by atoms with E-state index in [2.05, 4.69) is 85.1 Å². The molecule has 17 atom stereocenters. The molecule has 0 aliphatic rings. The molecular weight excluding hydrogens is 1720 g/mol. The van der Waals surface area contributed by atoms with Crippen molar-refractivity contribution < 1.29 is 122 Å². The SMILES string of the molecule is CC[C@H](C)[C@H](NC(=O)[C@H](CO)NC(=O)[C@H](CO)NC(=O)[C@H](C)NC(=O)[C@@H](N)CCCNC(=N)N)C(=O)N[C@H](C(=O)N[C@@H](CC(=O)O)C(=O)N[C@@H](CCC(=O)O)C(=O)N[C@@H](CC(C)C)C(=O)N[C@@H](Cc1ccccc1)C(=O)N[C@@H](CCC(N)=O)C(=O)N[C@@H](CC(=O)O)C(=O)N[C@@H](CCCNC(=N)N)C(=O)N[C@@H](Cc1ccccc1)C(=O)N[C@@H](Cc1ccccc1)C(=O)O)[C@@H](C)CC. The van der Waals surface area contributed by atoms with Crippen LogP contribution in [-0.2, 0) is 110 Å². The number of nitrogens with two attached hydrogens (primary N) is 4. The van der Waals surface area contributed by atoms with Gasteiger partial charge in [-0.1, -0.05) is 145 Å². The van der Waals surface area contributed by atoms with Gasteiger partial charge >= 0.3 is 23.9 Å². The van der Waals surface area contributed by atoms with Crippen LogP contribution in [-0.4, -0.2) is 272 Å². The Morgan fingerprint density at radius 3 is 1.02 bits per heavy atom. The van der Waals surface area contributed by atoms with Gasteiger partial charge in [0, 0.05) is 45.2 Å². The first-order valence-corrected chi connectivity index (χ1v) is 42.5. The zero-order valence-corrected chi connectivity index (χ0v) is 73.9. The summed E-state index contributed by atoms with van der Waals surface area (Å²) in [4.78, 5) is 261. The van der Waals surface area contributed by atoms with E-state index in [9.17, 15) is 122 Å². The van der Waals surface area contributed by atoms with E-state index in [-0.39, 0.29) is 70.4 Å². The summed E-state index contributed by atoms with van der Waals surface area (Å²) in [5.74, 6) is -26.5. The Bertz CT molecular complexity index is 4400. The van der Waals surface area contributed by atoms with Crippen molar-refractivity contribution in [1.29, 1.82) is 10.8 Å². The molecule has 32 N–H and O–H groups in total. The summed E-state index contributed by atoms with van der Waals surface area (Å²) in [7, 11) is 0. The van der Waals surface area contributed by atoms with Crippen LogP contribution in [0.4, 0.5) is 0 Å². The summed E-state index contributed by atoms with van der Waals surface area (Å²) in [6.07, 6.45) is -6.20. The van der Waals surface area contributed by atoms with Crippen molar-refractivity contribution in [2.75, 3.05) is 26.3 Å². The Morgan fingerprint density at radius 2 is 0.641 bits per heavy atom. The second-order valence-electron chi connectivity index (χ2n) is 31.8. The number of aliphatic hydroxyl groups excluding tert-OH is 2. The lowest BCUT2D eigenvalue weighted by Gasteiger charge is -2.31. The van der Waals surface area contributed by atoms with Gasteiger partial charge in [0.1, 0.15) is 84.6 Å². The number of carboxylic acids is 4. The van der Waals surface area contributed by atoms with Gasteiger partial charge in [-0.25, -0.2) is 4.79 Å². The molecule has 3 aromatic carbocycles. The van der Waals surface area contributed by atoms with Crippen LogP contribution in [0.1, 0.15) is 149 Å². The molecule has 0 aromatic heterocycles. The predicted octanol–water partition coefficient (Wildman–Crippen LogP) is -6.34. The summed E-state index contributed by atoms with van der Waals surface area (Å²) in [6.45, 7) is 8.58. The Labute approximate surface area is 755 Å². The minimum absolute atomic E-state index is 0.0493. The molecule has 0 unspecified atom stereocenters. The van der Waals surface area contributed by atoms with E-state index < -0.39 is 285 Å². The van der Waals surface area contributed by atoms with E-state index >= 15 is 0 Å². The minimum atomic E-state index is -2.14. The lowest BCUT2D eigenvalue weighted by atomic mass is 9.94. The molecule has 0 heterocycles. The maximum atomic E-state index is 14.9. The fraction of sp³-hybridized carbons (Fsp3) is 0.536. The van der Waals surface area contributed by atoms with Crippen molar-refractivity contribution in [2.24, 2.45) is 40.7 Å². The molecule has 0 aliphatic carbocycles. The Morgan fingerprint density at radius 1 is 0.336 bits per heavy atom. The van der Waals surface area contributed by atoms with Crippen LogP contribution in [0.3, 0.4) is 0 Å². The number of rotatable bonds is 61. The molecule has 722 valence electrons. The topological polar surface area (TPSA) is 790 Å². The van der Waals surface area contributed by atoms with Gasteiger partial charge in [0.25, 0.3) is 0 Å². The van der Waals surface area contributed by atoms with Gasteiger partial charge in [0.15, 0.2) is 11.9 Å². The van der Waals surface area contributed by atoms with Gasteiger partial charge < -0.3 is 139 Å². The van der Waals surface area contributed by atoms with Crippen molar-refractivity contribution in [3.63, 3.8) is 0 Å². The molecule has 131 heavy (non-hydrogen) atoms. The van der Waals surface area contributed by atoms with E-state index in [0.29, 0.717) is 23.1 Å². The Balaban J connectivity index is 1.98. The number of carbonyl (C=O) groups excluding carboxylic acids is 15. The largest absolute Gasteiger partial charge is 0.481 e. The van der Waals surface area contributed by atoms with Crippen LogP contribution in [0.5, 0.6) is 0 Å². The number of carboxylic acid groups (broad SMARTS) is 4. The van der Waals surface area contributed by atoms with Crippen LogP contribution in [0.2, 0.25) is 0 Å². The third-order valence-electron chi connectivity index (χ3n) is 20.6. The van der Waals surface area contributed by atoms with Crippen LogP contribution in [0, 0.1) is 28.6 Å². The molecular formula is C84H126N22O25. The molecule has 0 aliphatic heterocycles. The first kappa shape index (κ1) is 111. The van der Waals surface area contributed by atoms with Crippen LogP contribution in [0.25, 0.3) is 0 Å². The summed E-state index contributed by atoms with van der Waals surface area (Å²) < 4.78 is 0. The maximum absolute atomic E-state index is 14.9. The maximum Gasteiger partial charge on any atom is 0.326 e. The van der Waals surface area contributed by atoms with Crippen molar-refractivity contribution in [3.05, 3.63) is 108 Å². The number of nitrogens with one attached hydrogen (secondary N) is 18. The van der Waals surface area contributed by atoms with Gasteiger partial charge in [-0.2, -0.15) is 0 Å². The van der Waals surface area contributed by atoms with Gasteiger partial charge in [0.2, 0.25) is 88.6 Å². The Kier molecular flexibility index (Phi) is 49.0. The fourth-order valence-electron chi connectivity index (χ4n) is 12.9. The molecule has 0 fully saturated rings. The average molecular weight is 1840 g/mol. The van der Waals surface area contributed by atoms with E-state index in [4.69, 9.17) is 33.8 Å². The summed E-state index contributed by atoms with van der Waals surface area (Å²) in [5.41, 5.74) is 23.6. The molecule has 0 radical (unpaired) electrons. The van der Waals surface area contributed by atoms with Gasteiger partial charge in [-0.05, 0) is 86.3 Å². The van der Waals surface area contributed by atoms with Crippen molar-refractivity contribution >= 4 is 124 Å². The summed E-state index contributed by atoms with van der Waals surface area (Å²) in [6, 6.07) is -1.48. The Hall–Kier alpha value is -14.0. The fourth-order valence-corrected chi connectivity index (χ4v) is 12.9. The van der Waals surface area contributed by atoms with Crippen molar-refractivity contribution in [2.45, 2.75) is 242 Å². The van der Waals surface area contributed by atoms with Gasteiger partial charge in [0.05, 0.1) is 32.1 Å². The second-order valence-corrected chi connectivity index (χ2v) is 31.8. The predicted molar refractivity (Wildman–Crippen MR) is 469 cm³/mol. The van der Waals surface area contributed by atoms with E-state index in [0.717, 1.165) is 0 Å². The second kappa shape index (κ2) is 57.7. The molecule has 15 amide bonds. The quantitative estimate of drug-likeness (QED) is 0.0142. The summed E-state index contributed by atoms with van der Waals surface area (Å²) >= 11 is 0. The highest BCUT2D eigenvalue weighted by Crippen LogP contribution is 2.18. The smallest absolute Gasteiger partial charge is 0.326 e. The number of amides is 15. The number of hydrogen-bond acceptors (Lipinski definition) is 24. The number of carbonyl (C=O) groups is 19. The molecule has 0 spiro atoms. The number of hydrogen-bond donors (Lipinski definition) is 28. The monoisotopic (exact) mass is 1840 g/mol. The van der Waals surface area contributed by atoms with Crippen LogP contribution < -0.4 is 108 Å². The number of benzene rings is 3. The highest BCUT2D eigenvalue weighted by atomic mass is 16.4. The first-order chi connectivity index (χ1) is 61.8. The highest BCUT2D eigenvalue weighted by Gasteiger charge is 2.41. The van der Waals surface area contributed by atoms with Crippen LogP contribution >= 0.6 is 0 Å². The lowest BCUT2D eigenvalue weighted by molar-refractivity contribution is -0.143. The van der Waals surface area contributed by atoms with E-state index in [1.54, 1.807) is 107 Å². The molecule has 47 heteroatoms. The summed E-state index contributed by atoms with van der Waals surface area (Å²) in [5, 5.41) is 114. The highest BCUT2D eigenvalue weighted by molar-refractivity contribution is 6.02. The standard InChI is InChI=1S/C84H126N22O25/c1-8-44(5)66(106-81(129)67(45(6)9-2)105-79(127)61(42-108)104-78(126)60(41-107)103-68(116)46(7)93-69(117)50(85)27-19-33-91-83(87)88)80(128)101-58(40-65(114)115)77(125)96-53(30-32-63(110)111)72(120)97-54(35-43(3)4)73(121)99-55(36-47-21-13-10-14-22-47)74(122)95-52(29-31-62(86)109)71(119)100-57(39-64(112)113)76(124)94-51(28-20-34-92-84(89)90)70(118)98-56(37-48-23-15-11-16-24-48)75(123)102-59(82(130)131)38-49-25-17-12-18-26-49/h10-18,21-26,43-46,50-61,66-67,107-108H,8-9,19-20,27-42,85H2,1-7H3,(H2,86,109)(H,93,117)(H,94,124)(H,95,122)(H,96,125)(H,97,120)(H,98,118)(H,99,121)(H,100,119)(H,101,128)(H,102,123)(H,103,116)(H,104,126)(H,105,127)(H,106,129)(H,110,111)(H,112,113)(H,114,115)(H,130,131)(H4,87,88,91)(H4,89,90,92)/t44-,45-,46-,50-,51-,52-,53-,54-,55-,56-,57-,58-,59-,60-,61-,66-,67-/m0/s1. The average Bonchev–Trinajstić information content (AvgIpc) is 0.839. The molecule has 47 nitrogen and oxygen atoms in total. The third-order valence-corrected chi connectivity index (χ3v) is 20.6. The molecule has 3 rings (SSSR count). The molecule has 0 saturated heterocycles. The van der Waals surface area contributed by atoms with Gasteiger partial charge in [-0.3, -0.25) is 97.1 Å². The van der Waals surface area contributed by atoms with E-state index in [1.807, 2.05) is 0 Å². The zero-order chi connectivity index (χ0) is 98.3. The first-order valence-electron chi connectivity index (χ1n) is 42.5. The van der Waals surface area contributed by atoms with Crippen LogP contribution in [0.15, 0.2) is 91.0 Å². The molecule has 0 bridgehead atoms. The molecule has 0 saturated carbocycles. The number of aliphatic hydroxyl groups is 2. The normalized spacial score (nSPS) is 14.9. The third kappa shape index (κ3) is 41.8. The van der Waals surface area contributed by atoms with Crippen molar-refractivity contribution in [3.8, 4) is 0 Å². The van der Waals surface area contributed by atoms with Crippen molar-refractivity contribution in [1.82, 2.24) is 85.1 Å². The number of aliphatic carboxylic acids is 4. The number of primary amides is 1. The zero-order valence-electron chi connectivity index (χ0n) is 73.9. The lowest BCUT2D eigenvalue weighted by Crippen LogP contribution is -2.63. The minimum Gasteiger partial charge on any atom is -0.481 e. The number of guanidine groups is 2. The molecule has 3 aromatic rings. The van der Waals surface area contributed by atoms with Gasteiger partial charge in [-0.15, -0.1) is 0 Å². The van der Waals surface area contributed by atoms with E-state index in [1.165, 1.54) is 32.9 Å².